The molecule has 2 atom stereocenters. The van der Waals surface area contributed by atoms with Gasteiger partial charge in [0.2, 0.25) is 0 Å². The van der Waals surface area contributed by atoms with Crippen LogP contribution in [0.25, 0.3) is 0 Å². The van der Waals surface area contributed by atoms with Gasteiger partial charge >= 0.3 is 0 Å². The molecule has 110 valence electrons. The minimum atomic E-state index is -0.916. The number of ether oxygens (including phenoxy) is 2. The molecule has 3 rings (SSSR count). The lowest BCUT2D eigenvalue weighted by Gasteiger charge is -2.34. The van der Waals surface area contributed by atoms with Crippen LogP contribution in [-0.4, -0.2) is 48.9 Å². The van der Waals surface area contributed by atoms with Gasteiger partial charge in [0.05, 0.1) is 6.10 Å². The van der Waals surface area contributed by atoms with E-state index >= 15 is 0 Å². The van der Waals surface area contributed by atoms with Crippen LogP contribution in [0.3, 0.4) is 0 Å². The van der Waals surface area contributed by atoms with Gasteiger partial charge in [-0.3, -0.25) is 0 Å². The van der Waals surface area contributed by atoms with Crippen LogP contribution < -0.4 is 15.2 Å². The van der Waals surface area contributed by atoms with Crippen molar-refractivity contribution in [2.24, 2.45) is 5.73 Å². The van der Waals surface area contributed by atoms with E-state index in [0.29, 0.717) is 31.1 Å². The second kappa shape index (κ2) is 5.55. The number of halogens is 1. The molecule has 0 amide bonds. The predicted molar refractivity (Wildman–Crippen MR) is 71.4 cm³/mol. The number of aliphatic hydroxyl groups excluding tert-OH is 1. The van der Waals surface area contributed by atoms with Crippen molar-refractivity contribution < 1.29 is 19.0 Å². The number of hydrogen-bond acceptors (Lipinski definition) is 5. The van der Waals surface area contributed by atoms with Gasteiger partial charge in [0.25, 0.3) is 0 Å². The lowest BCUT2D eigenvalue weighted by Crippen LogP contribution is -2.47. The predicted octanol–water partition coefficient (Wildman–Crippen LogP) is 0.663. The maximum Gasteiger partial charge on any atom is 0.197 e. The summed E-state index contributed by atoms with van der Waals surface area (Å²) in [5, 5.41) is 10.3. The maximum atomic E-state index is 13.9. The SMILES string of the molecule is N[C@H](CN1CCC1)[C@H](O)c1cc(F)c2c(c1)OCCO2. The summed E-state index contributed by atoms with van der Waals surface area (Å²) in [6, 6.07) is 2.43. The number of nitrogens with zero attached hydrogens (tertiary/aromatic N) is 1. The van der Waals surface area contributed by atoms with Crippen molar-refractivity contribution in [3.05, 3.63) is 23.5 Å². The van der Waals surface area contributed by atoms with Gasteiger partial charge in [-0.25, -0.2) is 4.39 Å². The van der Waals surface area contributed by atoms with Gasteiger partial charge < -0.3 is 25.2 Å². The molecule has 5 nitrogen and oxygen atoms in total. The number of hydrogen-bond donors (Lipinski definition) is 2. The van der Waals surface area contributed by atoms with Gasteiger partial charge in [0.1, 0.15) is 13.2 Å². The summed E-state index contributed by atoms with van der Waals surface area (Å²) in [7, 11) is 0. The summed E-state index contributed by atoms with van der Waals surface area (Å²) in [6.07, 6.45) is 0.252. The first-order chi connectivity index (χ1) is 9.65. The fourth-order valence-electron chi connectivity index (χ4n) is 2.51. The van der Waals surface area contributed by atoms with Gasteiger partial charge in [-0.15, -0.1) is 0 Å². The summed E-state index contributed by atoms with van der Waals surface area (Å²) in [4.78, 5) is 2.17. The zero-order valence-electron chi connectivity index (χ0n) is 11.2. The zero-order chi connectivity index (χ0) is 14.1. The van der Waals surface area contributed by atoms with Crippen molar-refractivity contribution in [2.45, 2.75) is 18.6 Å². The van der Waals surface area contributed by atoms with Gasteiger partial charge in [-0.05, 0) is 37.2 Å². The Morgan fingerprint density at radius 2 is 2.05 bits per heavy atom. The molecule has 0 spiro atoms. The third-order valence-electron chi connectivity index (χ3n) is 3.78. The molecule has 1 saturated heterocycles. The standard InChI is InChI=1S/C14H19FN2O3/c15-10-6-9(7-12-14(10)20-5-4-19-12)13(18)11(16)8-17-2-1-3-17/h6-7,11,13,18H,1-5,8,16H2/t11-,13-/m1/s1. The second-order valence-corrected chi connectivity index (χ2v) is 5.29. The van der Waals surface area contributed by atoms with E-state index in [-0.39, 0.29) is 5.75 Å². The van der Waals surface area contributed by atoms with Crippen LogP contribution in [-0.2, 0) is 0 Å². The fourth-order valence-corrected chi connectivity index (χ4v) is 2.51. The van der Waals surface area contributed by atoms with Gasteiger partial charge in [0, 0.05) is 12.6 Å². The van der Waals surface area contributed by atoms with Crippen LogP contribution in [0.15, 0.2) is 12.1 Å². The van der Waals surface area contributed by atoms with Crippen molar-refractivity contribution >= 4 is 0 Å². The molecule has 2 heterocycles. The van der Waals surface area contributed by atoms with E-state index in [2.05, 4.69) is 4.90 Å². The van der Waals surface area contributed by atoms with Gasteiger partial charge in [-0.1, -0.05) is 0 Å². The Kier molecular flexibility index (Phi) is 3.78. The van der Waals surface area contributed by atoms with Crippen molar-refractivity contribution in [1.29, 1.82) is 0 Å². The van der Waals surface area contributed by atoms with Crippen molar-refractivity contribution in [3.63, 3.8) is 0 Å². The van der Waals surface area contributed by atoms with E-state index in [9.17, 15) is 9.50 Å². The highest BCUT2D eigenvalue weighted by Gasteiger charge is 2.26. The molecule has 20 heavy (non-hydrogen) atoms. The quantitative estimate of drug-likeness (QED) is 0.849. The average molecular weight is 282 g/mol. The zero-order valence-corrected chi connectivity index (χ0v) is 11.2. The highest BCUT2D eigenvalue weighted by Crippen LogP contribution is 2.36. The van der Waals surface area contributed by atoms with Gasteiger partial charge in [0.15, 0.2) is 17.3 Å². The molecule has 0 saturated carbocycles. The number of fused-ring (bicyclic) bond motifs is 1. The minimum absolute atomic E-state index is 0.114. The molecule has 2 aliphatic heterocycles. The summed E-state index contributed by atoms with van der Waals surface area (Å²) in [5.74, 6) is -0.0719. The van der Waals surface area contributed by atoms with E-state index in [1.807, 2.05) is 0 Å². The third-order valence-corrected chi connectivity index (χ3v) is 3.78. The average Bonchev–Trinajstić information content (AvgIpc) is 2.41. The summed E-state index contributed by atoms with van der Waals surface area (Å²) in [6.45, 7) is 3.34. The Bertz CT molecular complexity index is 494. The number of nitrogens with two attached hydrogens (primary N) is 1. The van der Waals surface area contributed by atoms with Crippen LogP contribution in [0.1, 0.15) is 18.1 Å². The third kappa shape index (κ3) is 2.59. The Balaban J connectivity index is 1.76. The van der Waals surface area contributed by atoms with Crippen molar-refractivity contribution in [1.82, 2.24) is 4.90 Å². The molecule has 6 heteroatoms. The van der Waals surface area contributed by atoms with E-state index < -0.39 is 18.0 Å². The minimum Gasteiger partial charge on any atom is -0.486 e. The van der Waals surface area contributed by atoms with Crippen LogP contribution in [0.4, 0.5) is 4.39 Å². The number of likely N-dealkylation sites (tertiary alicyclic amines) is 1. The monoisotopic (exact) mass is 282 g/mol. The van der Waals surface area contributed by atoms with Crippen LogP contribution in [0.5, 0.6) is 11.5 Å². The number of benzene rings is 1. The van der Waals surface area contributed by atoms with E-state index in [1.54, 1.807) is 6.07 Å². The molecular formula is C14H19FN2O3. The molecule has 0 aliphatic carbocycles. The van der Waals surface area contributed by atoms with Crippen molar-refractivity contribution in [2.75, 3.05) is 32.8 Å². The Morgan fingerprint density at radius 1 is 1.30 bits per heavy atom. The normalized spacial score (nSPS) is 21.1. The van der Waals surface area contributed by atoms with Crippen LogP contribution in [0, 0.1) is 5.82 Å². The Labute approximate surface area is 117 Å². The molecule has 0 bridgehead atoms. The van der Waals surface area contributed by atoms with Crippen LogP contribution >= 0.6 is 0 Å². The Hall–Kier alpha value is -1.37. The summed E-state index contributed by atoms with van der Waals surface area (Å²) < 4.78 is 24.5. The number of rotatable bonds is 4. The molecule has 0 aromatic heterocycles. The maximum absolute atomic E-state index is 13.9. The van der Waals surface area contributed by atoms with Gasteiger partial charge in [-0.2, -0.15) is 0 Å². The van der Waals surface area contributed by atoms with E-state index in [4.69, 9.17) is 15.2 Å². The molecule has 3 N–H and O–H groups in total. The lowest BCUT2D eigenvalue weighted by molar-refractivity contribution is 0.0945. The highest BCUT2D eigenvalue weighted by atomic mass is 19.1. The van der Waals surface area contributed by atoms with Crippen molar-refractivity contribution in [3.8, 4) is 11.5 Å². The first-order valence-corrected chi connectivity index (χ1v) is 6.90. The largest absolute Gasteiger partial charge is 0.486 e. The second-order valence-electron chi connectivity index (χ2n) is 5.29. The summed E-state index contributed by atoms with van der Waals surface area (Å²) >= 11 is 0. The molecule has 1 aromatic rings. The topological polar surface area (TPSA) is 68.0 Å². The molecule has 1 fully saturated rings. The molecule has 1 aromatic carbocycles. The highest BCUT2D eigenvalue weighted by molar-refractivity contribution is 5.46. The summed E-state index contributed by atoms with van der Waals surface area (Å²) in [5.41, 5.74) is 6.43. The van der Waals surface area contributed by atoms with Crippen LogP contribution in [0.2, 0.25) is 0 Å². The van der Waals surface area contributed by atoms with E-state index in [0.717, 1.165) is 13.1 Å². The smallest absolute Gasteiger partial charge is 0.197 e. The first kappa shape index (κ1) is 13.6. The lowest BCUT2D eigenvalue weighted by atomic mass is 10.0. The molecule has 2 aliphatic rings. The molecular weight excluding hydrogens is 263 g/mol. The first-order valence-electron chi connectivity index (χ1n) is 6.90. The van der Waals surface area contributed by atoms with E-state index in [1.165, 1.54) is 12.5 Å². The molecule has 0 radical (unpaired) electrons. The number of aliphatic hydroxyl groups is 1. The fraction of sp³-hybridized carbons (Fsp3) is 0.571. The Morgan fingerprint density at radius 3 is 2.75 bits per heavy atom. The molecule has 0 unspecified atom stereocenters.